The van der Waals surface area contributed by atoms with Crippen molar-refractivity contribution in [1.29, 1.82) is 0 Å². The third-order valence-corrected chi connectivity index (χ3v) is 4.67. The lowest BCUT2D eigenvalue weighted by atomic mass is 10.1. The second kappa shape index (κ2) is 7.46. The molecular weight excluding hydrogens is 334 g/mol. The second-order valence-electron chi connectivity index (χ2n) is 6.67. The number of aryl methyl sites for hydroxylation is 3. The number of rotatable bonds is 5. The van der Waals surface area contributed by atoms with Gasteiger partial charge in [-0.1, -0.05) is 48.5 Å². The molecule has 4 aromatic rings. The lowest BCUT2D eigenvalue weighted by molar-refractivity contribution is 0.102. The molecule has 134 valence electrons. The average molecular weight is 355 g/mol. The Bertz CT molecular complexity index is 1080. The van der Waals surface area contributed by atoms with Gasteiger partial charge in [0.05, 0.1) is 11.0 Å². The molecule has 1 heterocycles. The summed E-state index contributed by atoms with van der Waals surface area (Å²) in [5.41, 5.74) is 5.54. The molecule has 0 spiro atoms. The average Bonchev–Trinajstić information content (AvgIpc) is 3.10. The normalized spacial score (nSPS) is 10.9. The summed E-state index contributed by atoms with van der Waals surface area (Å²) in [5, 5.41) is 2.97. The minimum Gasteiger partial charge on any atom is -0.342 e. The number of anilines is 1. The van der Waals surface area contributed by atoms with Crippen molar-refractivity contribution in [1.82, 2.24) is 9.97 Å². The molecule has 0 saturated heterocycles. The standard InChI is InChI=1S/C23H21N3O/c1-16-7-5-6-10-19(16)23(27)24-18-12-13-20-21(15-18)26-22(25-20)14-11-17-8-3-2-4-9-17/h2-10,12-13,15H,11,14H2,1H3,(H,24,27)(H,25,26). The monoisotopic (exact) mass is 355 g/mol. The lowest BCUT2D eigenvalue weighted by Gasteiger charge is -2.07. The van der Waals surface area contributed by atoms with E-state index < -0.39 is 0 Å². The van der Waals surface area contributed by atoms with Crippen LogP contribution in [-0.2, 0) is 12.8 Å². The minimum absolute atomic E-state index is 0.101. The van der Waals surface area contributed by atoms with Gasteiger partial charge >= 0.3 is 0 Å². The highest BCUT2D eigenvalue weighted by atomic mass is 16.1. The molecule has 1 aromatic heterocycles. The molecule has 27 heavy (non-hydrogen) atoms. The summed E-state index contributed by atoms with van der Waals surface area (Å²) in [7, 11) is 0. The Hall–Kier alpha value is -3.40. The molecule has 0 atom stereocenters. The molecule has 0 aliphatic carbocycles. The van der Waals surface area contributed by atoms with E-state index in [1.807, 2.05) is 55.5 Å². The van der Waals surface area contributed by atoms with Crippen molar-refractivity contribution < 1.29 is 4.79 Å². The van der Waals surface area contributed by atoms with Crippen LogP contribution in [0.5, 0.6) is 0 Å². The van der Waals surface area contributed by atoms with Crippen LogP contribution in [0.2, 0.25) is 0 Å². The summed E-state index contributed by atoms with van der Waals surface area (Å²) in [5.74, 6) is 0.854. The predicted octanol–water partition coefficient (Wildman–Crippen LogP) is 4.91. The predicted molar refractivity (Wildman–Crippen MR) is 109 cm³/mol. The molecule has 4 rings (SSSR count). The summed E-state index contributed by atoms with van der Waals surface area (Å²) in [4.78, 5) is 20.5. The molecule has 1 amide bonds. The lowest BCUT2D eigenvalue weighted by Crippen LogP contribution is -2.13. The zero-order valence-corrected chi connectivity index (χ0v) is 15.2. The number of hydrogen-bond donors (Lipinski definition) is 2. The van der Waals surface area contributed by atoms with Crippen LogP contribution in [-0.4, -0.2) is 15.9 Å². The number of carbonyl (C=O) groups is 1. The maximum absolute atomic E-state index is 12.5. The smallest absolute Gasteiger partial charge is 0.255 e. The first-order valence-corrected chi connectivity index (χ1v) is 9.08. The van der Waals surface area contributed by atoms with Gasteiger partial charge in [0.15, 0.2) is 0 Å². The Morgan fingerprint density at radius 3 is 2.56 bits per heavy atom. The Balaban J connectivity index is 1.49. The van der Waals surface area contributed by atoms with E-state index >= 15 is 0 Å². The SMILES string of the molecule is Cc1ccccc1C(=O)Nc1ccc2nc(CCc3ccccc3)[nH]c2c1. The van der Waals surface area contributed by atoms with Crippen LogP contribution in [0.4, 0.5) is 5.69 Å². The molecule has 0 unspecified atom stereocenters. The highest BCUT2D eigenvalue weighted by molar-refractivity contribution is 6.05. The number of aromatic amines is 1. The number of nitrogens with zero attached hydrogens (tertiary/aromatic N) is 1. The molecule has 0 radical (unpaired) electrons. The molecule has 3 aromatic carbocycles. The van der Waals surface area contributed by atoms with Gasteiger partial charge in [-0.2, -0.15) is 0 Å². The Kier molecular flexibility index (Phi) is 4.71. The van der Waals surface area contributed by atoms with Crippen molar-refractivity contribution in [2.24, 2.45) is 0 Å². The largest absolute Gasteiger partial charge is 0.342 e. The Morgan fingerprint density at radius 1 is 0.963 bits per heavy atom. The Morgan fingerprint density at radius 2 is 1.74 bits per heavy atom. The number of hydrogen-bond acceptors (Lipinski definition) is 2. The number of imidazole rings is 1. The fraction of sp³-hybridized carbons (Fsp3) is 0.130. The number of nitrogens with one attached hydrogen (secondary N) is 2. The fourth-order valence-corrected chi connectivity index (χ4v) is 3.19. The van der Waals surface area contributed by atoms with E-state index in [4.69, 9.17) is 0 Å². The van der Waals surface area contributed by atoms with E-state index in [0.717, 1.165) is 41.0 Å². The van der Waals surface area contributed by atoms with E-state index in [9.17, 15) is 4.79 Å². The first kappa shape index (κ1) is 17.0. The quantitative estimate of drug-likeness (QED) is 0.534. The van der Waals surface area contributed by atoms with Crippen LogP contribution in [0.15, 0.2) is 72.8 Å². The van der Waals surface area contributed by atoms with Crippen molar-refractivity contribution in [2.45, 2.75) is 19.8 Å². The van der Waals surface area contributed by atoms with E-state index in [0.29, 0.717) is 5.56 Å². The van der Waals surface area contributed by atoms with Gasteiger partial charge in [-0.25, -0.2) is 4.98 Å². The van der Waals surface area contributed by atoms with Gasteiger partial charge in [0, 0.05) is 17.7 Å². The molecule has 4 heteroatoms. The van der Waals surface area contributed by atoms with Crippen molar-refractivity contribution in [3.8, 4) is 0 Å². The van der Waals surface area contributed by atoms with Crippen LogP contribution >= 0.6 is 0 Å². The molecule has 0 saturated carbocycles. The zero-order valence-electron chi connectivity index (χ0n) is 15.2. The van der Waals surface area contributed by atoms with Crippen LogP contribution < -0.4 is 5.32 Å². The van der Waals surface area contributed by atoms with Crippen molar-refractivity contribution in [3.05, 3.63) is 95.3 Å². The molecule has 0 bridgehead atoms. The van der Waals surface area contributed by atoms with Gasteiger partial charge in [0.1, 0.15) is 5.82 Å². The summed E-state index contributed by atoms with van der Waals surface area (Å²) in [6.07, 6.45) is 1.79. The van der Waals surface area contributed by atoms with Gasteiger partial charge in [-0.05, 0) is 48.7 Å². The van der Waals surface area contributed by atoms with Crippen LogP contribution in [0.1, 0.15) is 27.3 Å². The number of H-pyrrole nitrogens is 1. The third kappa shape index (κ3) is 3.90. The van der Waals surface area contributed by atoms with Crippen molar-refractivity contribution in [3.63, 3.8) is 0 Å². The fourth-order valence-electron chi connectivity index (χ4n) is 3.19. The van der Waals surface area contributed by atoms with E-state index in [2.05, 4.69) is 39.6 Å². The highest BCUT2D eigenvalue weighted by Crippen LogP contribution is 2.19. The first-order chi connectivity index (χ1) is 13.2. The summed E-state index contributed by atoms with van der Waals surface area (Å²) >= 11 is 0. The molecular formula is C23H21N3O. The van der Waals surface area contributed by atoms with E-state index in [1.165, 1.54) is 5.56 Å². The highest BCUT2D eigenvalue weighted by Gasteiger charge is 2.10. The van der Waals surface area contributed by atoms with Crippen LogP contribution in [0, 0.1) is 6.92 Å². The van der Waals surface area contributed by atoms with Crippen LogP contribution in [0.3, 0.4) is 0 Å². The number of carbonyl (C=O) groups excluding carboxylic acids is 1. The summed E-state index contributed by atoms with van der Waals surface area (Å²) in [6.45, 7) is 1.94. The van der Waals surface area contributed by atoms with Gasteiger partial charge in [0.2, 0.25) is 0 Å². The Labute approximate surface area is 158 Å². The molecule has 2 N–H and O–H groups in total. The molecule has 4 nitrogen and oxygen atoms in total. The molecule has 0 fully saturated rings. The summed E-state index contributed by atoms with van der Waals surface area (Å²) < 4.78 is 0. The first-order valence-electron chi connectivity index (χ1n) is 9.08. The number of aromatic nitrogens is 2. The van der Waals surface area contributed by atoms with Gasteiger partial charge in [-0.15, -0.1) is 0 Å². The maximum Gasteiger partial charge on any atom is 0.255 e. The topological polar surface area (TPSA) is 57.8 Å². The van der Waals surface area contributed by atoms with Gasteiger partial charge in [-0.3, -0.25) is 4.79 Å². The van der Waals surface area contributed by atoms with E-state index in [1.54, 1.807) is 0 Å². The number of benzene rings is 3. The maximum atomic E-state index is 12.5. The number of amides is 1. The minimum atomic E-state index is -0.101. The second-order valence-corrected chi connectivity index (χ2v) is 6.67. The summed E-state index contributed by atoms with van der Waals surface area (Å²) in [6, 6.07) is 23.7. The third-order valence-electron chi connectivity index (χ3n) is 4.67. The molecule has 0 aliphatic heterocycles. The molecule has 0 aliphatic rings. The van der Waals surface area contributed by atoms with Crippen LogP contribution in [0.25, 0.3) is 11.0 Å². The van der Waals surface area contributed by atoms with Crippen molar-refractivity contribution in [2.75, 3.05) is 5.32 Å². The number of fused-ring (bicyclic) bond motifs is 1. The van der Waals surface area contributed by atoms with Crippen molar-refractivity contribution >= 4 is 22.6 Å². The van der Waals surface area contributed by atoms with Gasteiger partial charge < -0.3 is 10.3 Å². The van der Waals surface area contributed by atoms with Gasteiger partial charge in [0.25, 0.3) is 5.91 Å². The van der Waals surface area contributed by atoms with E-state index in [-0.39, 0.29) is 5.91 Å². The zero-order chi connectivity index (χ0) is 18.6.